The van der Waals surface area contributed by atoms with E-state index in [4.69, 9.17) is 11.5 Å². The SMILES string of the molecule is C/C(N)=C/C(C)=C/N.C=CC=C.CC.CC.CC.CCC. The standard InChI is InChI=1S/C6H12N2.C4H6.C3H8.3C2H6/c1-5(4-7)3-6(2)8;1-3-4-2;1-3-2;3*1-2/h3-4H,7-8H2,1-2H3;3-4H,1-2H2;3H2,1-2H3;3*1-2H3/b5-4+,6-3-;;;;;. The molecule has 0 aliphatic rings. The van der Waals surface area contributed by atoms with Crippen LogP contribution in [0.4, 0.5) is 0 Å². The first-order valence-electron chi connectivity index (χ1n) is 8.05. The summed E-state index contributed by atoms with van der Waals surface area (Å²) in [6.45, 7) is 26.7. The molecule has 0 rings (SSSR count). The first-order chi connectivity index (χ1) is 9.99. The molecule has 0 atom stereocenters. The van der Waals surface area contributed by atoms with Gasteiger partial charge in [-0.3, -0.25) is 0 Å². The van der Waals surface area contributed by atoms with Crippen LogP contribution in [0.15, 0.2) is 48.9 Å². The zero-order chi connectivity index (χ0) is 18.7. The molecule has 0 aliphatic heterocycles. The Morgan fingerprint density at radius 3 is 1.14 bits per heavy atom. The zero-order valence-electron chi connectivity index (χ0n) is 16.6. The molecule has 0 aliphatic carbocycles. The van der Waals surface area contributed by atoms with Crippen LogP contribution < -0.4 is 11.5 Å². The van der Waals surface area contributed by atoms with Crippen molar-refractivity contribution in [1.29, 1.82) is 0 Å². The van der Waals surface area contributed by atoms with Crippen LogP contribution in [0.2, 0.25) is 0 Å². The first-order valence-corrected chi connectivity index (χ1v) is 8.05. The molecule has 130 valence electrons. The van der Waals surface area contributed by atoms with Crippen molar-refractivity contribution < 1.29 is 0 Å². The van der Waals surface area contributed by atoms with Gasteiger partial charge < -0.3 is 11.5 Å². The average Bonchev–Trinajstić information content (AvgIpc) is 2.53. The fourth-order valence-electron chi connectivity index (χ4n) is 0.407. The van der Waals surface area contributed by atoms with Gasteiger partial charge in [-0.1, -0.05) is 87.1 Å². The van der Waals surface area contributed by atoms with Crippen molar-refractivity contribution in [3.8, 4) is 0 Å². The van der Waals surface area contributed by atoms with E-state index in [-0.39, 0.29) is 0 Å². The molecule has 0 fully saturated rings. The summed E-state index contributed by atoms with van der Waals surface area (Å²) in [7, 11) is 0. The summed E-state index contributed by atoms with van der Waals surface area (Å²) in [6.07, 6.45) is 7.87. The van der Waals surface area contributed by atoms with Gasteiger partial charge in [0.25, 0.3) is 0 Å². The number of rotatable bonds is 2. The van der Waals surface area contributed by atoms with Crippen molar-refractivity contribution >= 4 is 0 Å². The Morgan fingerprint density at radius 1 is 0.857 bits per heavy atom. The van der Waals surface area contributed by atoms with Crippen LogP contribution in [-0.2, 0) is 0 Å². The van der Waals surface area contributed by atoms with Gasteiger partial charge in [0.05, 0.1) is 0 Å². The van der Waals surface area contributed by atoms with Crippen molar-refractivity contribution in [3.05, 3.63) is 48.9 Å². The second-order valence-electron chi connectivity index (χ2n) is 2.98. The van der Waals surface area contributed by atoms with Gasteiger partial charge in [-0.05, 0) is 31.7 Å². The summed E-state index contributed by atoms with van der Waals surface area (Å²) < 4.78 is 0. The van der Waals surface area contributed by atoms with Crippen LogP contribution in [0.1, 0.15) is 75.7 Å². The molecule has 0 saturated heterocycles. The first kappa shape index (κ1) is 36.6. The number of allylic oxidation sites excluding steroid dienone is 5. The predicted octanol–water partition coefficient (Wildman–Crippen LogP) is 6.56. The number of hydrogen-bond donors (Lipinski definition) is 2. The molecule has 0 aromatic heterocycles. The number of hydrogen-bond acceptors (Lipinski definition) is 2. The largest absolute Gasteiger partial charge is 0.404 e. The maximum atomic E-state index is 5.33. The van der Waals surface area contributed by atoms with E-state index in [1.807, 2.05) is 61.5 Å². The molecule has 0 radical (unpaired) electrons. The number of nitrogens with two attached hydrogens (primary N) is 2. The lowest BCUT2D eigenvalue weighted by Gasteiger charge is -1.89. The van der Waals surface area contributed by atoms with Crippen LogP contribution in [0.25, 0.3) is 0 Å². The highest BCUT2D eigenvalue weighted by Crippen LogP contribution is 1.92. The summed E-state index contributed by atoms with van der Waals surface area (Å²) in [6, 6.07) is 0. The van der Waals surface area contributed by atoms with Gasteiger partial charge in [0.2, 0.25) is 0 Å². The van der Waals surface area contributed by atoms with Crippen molar-refractivity contribution in [2.75, 3.05) is 0 Å². The van der Waals surface area contributed by atoms with Crippen molar-refractivity contribution in [2.45, 2.75) is 75.7 Å². The lowest BCUT2D eigenvalue weighted by atomic mass is 10.3. The molecule has 21 heavy (non-hydrogen) atoms. The normalized spacial score (nSPS) is 8.10. The van der Waals surface area contributed by atoms with Crippen LogP contribution >= 0.6 is 0 Å². The Hall–Kier alpha value is -1.44. The topological polar surface area (TPSA) is 52.0 Å². The van der Waals surface area contributed by atoms with Gasteiger partial charge in [0, 0.05) is 5.70 Å². The molecule has 0 unspecified atom stereocenters. The van der Waals surface area contributed by atoms with E-state index >= 15 is 0 Å². The highest BCUT2D eigenvalue weighted by Gasteiger charge is 1.78. The molecule has 0 amide bonds. The van der Waals surface area contributed by atoms with E-state index in [0.29, 0.717) is 0 Å². The predicted molar refractivity (Wildman–Crippen MR) is 106 cm³/mol. The molecule has 0 aromatic carbocycles. The Bertz CT molecular complexity index is 192. The molecule has 2 nitrogen and oxygen atoms in total. The monoisotopic (exact) mass is 300 g/mol. The molecule has 0 bridgehead atoms. The van der Waals surface area contributed by atoms with Gasteiger partial charge in [-0.25, -0.2) is 0 Å². The van der Waals surface area contributed by atoms with Crippen LogP contribution in [0.3, 0.4) is 0 Å². The minimum atomic E-state index is 0.782. The molecule has 2 heteroatoms. The Balaban J connectivity index is -0.0000000369. The maximum Gasteiger partial charge on any atom is 0.00520 e. The minimum Gasteiger partial charge on any atom is -0.404 e. The van der Waals surface area contributed by atoms with Gasteiger partial charge in [-0.15, -0.1) is 0 Å². The molecule has 0 saturated carbocycles. The van der Waals surface area contributed by atoms with E-state index in [1.54, 1.807) is 12.2 Å². The van der Waals surface area contributed by atoms with Gasteiger partial charge >= 0.3 is 0 Å². The third-order valence-corrected chi connectivity index (χ3v) is 0.885. The molecule has 0 aromatic rings. The summed E-state index contributed by atoms with van der Waals surface area (Å²) in [5.41, 5.74) is 12.3. The highest BCUT2D eigenvalue weighted by molar-refractivity contribution is 5.17. The summed E-state index contributed by atoms with van der Waals surface area (Å²) in [4.78, 5) is 0. The smallest absolute Gasteiger partial charge is 0.00520 e. The summed E-state index contributed by atoms with van der Waals surface area (Å²) >= 11 is 0. The summed E-state index contributed by atoms with van der Waals surface area (Å²) in [5.74, 6) is 0. The van der Waals surface area contributed by atoms with Gasteiger partial charge in [0.1, 0.15) is 0 Å². The highest BCUT2D eigenvalue weighted by atomic mass is 14.5. The maximum absolute atomic E-state index is 5.33. The Labute approximate surface area is 136 Å². The van der Waals surface area contributed by atoms with Crippen LogP contribution in [0, 0.1) is 0 Å². The Morgan fingerprint density at radius 2 is 1.10 bits per heavy atom. The molecular formula is C19H44N2. The van der Waals surface area contributed by atoms with E-state index in [9.17, 15) is 0 Å². The van der Waals surface area contributed by atoms with Crippen LogP contribution in [0.5, 0.6) is 0 Å². The molecule has 4 N–H and O–H groups in total. The van der Waals surface area contributed by atoms with E-state index < -0.39 is 0 Å². The summed E-state index contributed by atoms with van der Waals surface area (Å²) in [5, 5.41) is 0. The third-order valence-electron chi connectivity index (χ3n) is 0.885. The second kappa shape index (κ2) is 62.6. The lowest BCUT2D eigenvalue weighted by Crippen LogP contribution is -1.91. The van der Waals surface area contributed by atoms with Crippen molar-refractivity contribution in [2.24, 2.45) is 11.5 Å². The van der Waals surface area contributed by atoms with E-state index in [1.165, 1.54) is 12.6 Å². The van der Waals surface area contributed by atoms with Crippen LogP contribution in [-0.4, -0.2) is 0 Å². The molecule has 0 heterocycles. The van der Waals surface area contributed by atoms with E-state index in [0.717, 1.165) is 11.3 Å². The second-order valence-corrected chi connectivity index (χ2v) is 2.98. The van der Waals surface area contributed by atoms with Crippen molar-refractivity contribution in [1.82, 2.24) is 0 Å². The lowest BCUT2D eigenvalue weighted by molar-refractivity contribution is 1.09. The zero-order valence-corrected chi connectivity index (χ0v) is 16.6. The fourth-order valence-corrected chi connectivity index (χ4v) is 0.407. The minimum absolute atomic E-state index is 0.782. The van der Waals surface area contributed by atoms with E-state index in [2.05, 4.69) is 27.0 Å². The average molecular weight is 301 g/mol. The fraction of sp³-hybridized carbons (Fsp3) is 0.579. The van der Waals surface area contributed by atoms with Crippen molar-refractivity contribution in [3.63, 3.8) is 0 Å². The quantitative estimate of drug-likeness (QED) is 0.567. The molecule has 0 spiro atoms. The van der Waals surface area contributed by atoms with Gasteiger partial charge in [-0.2, -0.15) is 0 Å². The molecular weight excluding hydrogens is 256 g/mol. The third kappa shape index (κ3) is 165. The Kier molecular flexibility index (Phi) is 109. The van der Waals surface area contributed by atoms with Gasteiger partial charge in [0.15, 0.2) is 0 Å².